The van der Waals surface area contributed by atoms with Crippen molar-refractivity contribution < 1.29 is 5.11 Å². The van der Waals surface area contributed by atoms with Crippen molar-refractivity contribution in [2.24, 2.45) is 0 Å². The molecule has 4 rings (SSSR count). The van der Waals surface area contributed by atoms with E-state index in [0.717, 1.165) is 37.3 Å². The van der Waals surface area contributed by atoms with Crippen molar-refractivity contribution in [3.05, 3.63) is 95.1 Å². The van der Waals surface area contributed by atoms with E-state index in [-0.39, 0.29) is 12.6 Å². The van der Waals surface area contributed by atoms with Gasteiger partial charge >= 0.3 is 0 Å². The third-order valence-electron chi connectivity index (χ3n) is 5.65. The van der Waals surface area contributed by atoms with Gasteiger partial charge in [-0.1, -0.05) is 60.7 Å². The van der Waals surface area contributed by atoms with Crippen molar-refractivity contribution in [3.8, 4) is 0 Å². The van der Waals surface area contributed by atoms with Crippen LogP contribution in [-0.4, -0.2) is 36.7 Å². The molecule has 0 spiro atoms. The molecule has 1 heterocycles. The summed E-state index contributed by atoms with van der Waals surface area (Å²) in [6, 6.07) is 25.6. The lowest BCUT2D eigenvalue weighted by molar-refractivity contribution is 0.282. The summed E-state index contributed by atoms with van der Waals surface area (Å²) in [7, 11) is 2.17. The van der Waals surface area contributed by atoms with Crippen LogP contribution in [-0.2, 0) is 13.0 Å². The van der Waals surface area contributed by atoms with Gasteiger partial charge < -0.3 is 20.6 Å². The SMILES string of the molecule is CN(CCNc1ccccc1CO)CC1Nc2ccccc2Cc2ccccc21. The van der Waals surface area contributed by atoms with Gasteiger partial charge in [0.05, 0.1) is 12.6 Å². The van der Waals surface area contributed by atoms with Gasteiger partial charge in [0, 0.05) is 36.6 Å². The quantitative estimate of drug-likeness (QED) is 0.566. The van der Waals surface area contributed by atoms with Gasteiger partial charge in [-0.15, -0.1) is 0 Å². The Morgan fingerprint density at radius 2 is 1.69 bits per heavy atom. The minimum absolute atomic E-state index is 0.0567. The van der Waals surface area contributed by atoms with Crippen LogP contribution in [0, 0.1) is 0 Å². The third kappa shape index (κ3) is 4.61. The lowest BCUT2D eigenvalue weighted by Gasteiger charge is -2.26. The van der Waals surface area contributed by atoms with Gasteiger partial charge in [0.1, 0.15) is 0 Å². The zero-order valence-electron chi connectivity index (χ0n) is 16.9. The highest BCUT2D eigenvalue weighted by molar-refractivity contribution is 5.58. The number of nitrogens with zero attached hydrogens (tertiary/aromatic N) is 1. The van der Waals surface area contributed by atoms with Crippen LogP contribution in [0.4, 0.5) is 11.4 Å². The number of fused-ring (bicyclic) bond motifs is 2. The molecule has 0 aliphatic carbocycles. The molecule has 0 fully saturated rings. The Labute approximate surface area is 173 Å². The molecular weight excluding hydrogens is 358 g/mol. The molecule has 29 heavy (non-hydrogen) atoms. The van der Waals surface area contributed by atoms with Crippen LogP contribution in [0.2, 0.25) is 0 Å². The van der Waals surface area contributed by atoms with Gasteiger partial charge in [0.25, 0.3) is 0 Å². The number of hydrogen-bond donors (Lipinski definition) is 3. The summed E-state index contributed by atoms with van der Waals surface area (Å²) in [6.45, 7) is 2.73. The van der Waals surface area contributed by atoms with Crippen LogP contribution in [0.15, 0.2) is 72.8 Å². The molecule has 0 bridgehead atoms. The van der Waals surface area contributed by atoms with E-state index in [4.69, 9.17) is 0 Å². The molecule has 4 heteroatoms. The fourth-order valence-corrected chi connectivity index (χ4v) is 4.08. The van der Waals surface area contributed by atoms with Crippen LogP contribution in [0.1, 0.15) is 28.3 Å². The van der Waals surface area contributed by atoms with Crippen molar-refractivity contribution in [2.45, 2.75) is 19.1 Å². The van der Waals surface area contributed by atoms with E-state index >= 15 is 0 Å². The summed E-state index contributed by atoms with van der Waals surface area (Å²) in [5.41, 5.74) is 7.32. The molecule has 3 aromatic rings. The molecule has 0 radical (unpaired) electrons. The van der Waals surface area contributed by atoms with Crippen LogP contribution in [0.3, 0.4) is 0 Å². The lowest BCUT2D eigenvalue weighted by Crippen LogP contribution is -2.32. The van der Waals surface area contributed by atoms with Gasteiger partial charge in [-0.2, -0.15) is 0 Å². The summed E-state index contributed by atoms with van der Waals surface area (Å²) < 4.78 is 0. The Bertz CT molecular complexity index is 956. The summed E-state index contributed by atoms with van der Waals surface area (Å²) in [4.78, 5) is 2.36. The first-order valence-corrected chi connectivity index (χ1v) is 10.3. The second-order valence-corrected chi connectivity index (χ2v) is 7.73. The Balaban J connectivity index is 1.42. The number of rotatable bonds is 7. The van der Waals surface area contributed by atoms with E-state index in [0.29, 0.717) is 0 Å². The second kappa shape index (κ2) is 9.12. The number of anilines is 2. The lowest BCUT2D eigenvalue weighted by atomic mass is 9.97. The molecule has 1 atom stereocenters. The maximum Gasteiger partial charge on any atom is 0.0701 e. The van der Waals surface area contributed by atoms with Crippen LogP contribution < -0.4 is 10.6 Å². The van der Waals surface area contributed by atoms with E-state index < -0.39 is 0 Å². The fourth-order valence-electron chi connectivity index (χ4n) is 4.08. The van der Waals surface area contributed by atoms with Gasteiger partial charge in [0.2, 0.25) is 0 Å². The summed E-state index contributed by atoms with van der Waals surface area (Å²) >= 11 is 0. The standard InChI is InChI=1S/C25H29N3O/c1-28(15-14-26-23-12-6-4-10-21(23)18-29)17-25-22-11-5-2-8-19(22)16-20-9-3-7-13-24(20)27-25/h2-13,25-27,29H,14-18H2,1H3. The van der Waals surface area contributed by atoms with Crippen LogP contribution in [0.25, 0.3) is 0 Å². The van der Waals surface area contributed by atoms with Crippen molar-refractivity contribution in [3.63, 3.8) is 0 Å². The Morgan fingerprint density at radius 3 is 2.55 bits per heavy atom. The number of likely N-dealkylation sites (N-methyl/N-ethyl adjacent to an activating group) is 1. The van der Waals surface area contributed by atoms with Crippen molar-refractivity contribution in [2.75, 3.05) is 37.3 Å². The van der Waals surface area contributed by atoms with E-state index in [1.165, 1.54) is 22.4 Å². The van der Waals surface area contributed by atoms with Gasteiger partial charge in [-0.3, -0.25) is 0 Å². The van der Waals surface area contributed by atoms with Crippen molar-refractivity contribution in [1.29, 1.82) is 0 Å². The second-order valence-electron chi connectivity index (χ2n) is 7.73. The monoisotopic (exact) mass is 387 g/mol. The van der Waals surface area contributed by atoms with E-state index in [2.05, 4.69) is 71.1 Å². The fraction of sp³-hybridized carbons (Fsp3) is 0.280. The zero-order chi connectivity index (χ0) is 20.1. The van der Waals surface area contributed by atoms with E-state index in [9.17, 15) is 5.11 Å². The topological polar surface area (TPSA) is 47.5 Å². The number of aliphatic hydroxyl groups is 1. The van der Waals surface area contributed by atoms with Crippen LogP contribution in [0.5, 0.6) is 0 Å². The molecule has 3 aromatic carbocycles. The predicted octanol–water partition coefficient (Wildman–Crippen LogP) is 4.28. The Kier molecular flexibility index (Phi) is 6.13. The zero-order valence-corrected chi connectivity index (χ0v) is 16.9. The van der Waals surface area contributed by atoms with E-state index in [1.54, 1.807) is 0 Å². The van der Waals surface area contributed by atoms with Gasteiger partial charge in [-0.25, -0.2) is 0 Å². The molecular formula is C25H29N3O. The highest BCUT2D eigenvalue weighted by atomic mass is 16.3. The maximum atomic E-state index is 9.48. The molecule has 1 aliphatic rings. The maximum absolute atomic E-state index is 9.48. The number of aliphatic hydroxyl groups excluding tert-OH is 1. The number of benzene rings is 3. The number of hydrogen-bond acceptors (Lipinski definition) is 4. The smallest absolute Gasteiger partial charge is 0.0701 e. The molecule has 150 valence electrons. The minimum atomic E-state index is 0.0567. The van der Waals surface area contributed by atoms with Gasteiger partial charge in [-0.05, 0) is 42.3 Å². The predicted molar refractivity (Wildman–Crippen MR) is 120 cm³/mol. The largest absolute Gasteiger partial charge is 0.392 e. The molecule has 0 saturated heterocycles. The highest BCUT2D eigenvalue weighted by Crippen LogP contribution is 2.32. The average molecular weight is 388 g/mol. The molecule has 1 aliphatic heterocycles. The highest BCUT2D eigenvalue weighted by Gasteiger charge is 2.22. The average Bonchev–Trinajstić information content (AvgIpc) is 2.90. The summed E-state index contributed by atoms with van der Waals surface area (Å²) in [5.74, 6) is 0. The normalized spacial score (nSPS) is 15.2. The first kappa shape index (κ1) is 19.5. The minimum Gasteiger partial charge on any atom is -0.392 e. The number of nitrogens with one attached hydrogen (secondary N) is 2. The third-order valence-corrected chi connectivity index (χ3v) is 5.65. The van der Waals surface area contributed by atoms with E-state index in [1.807, 2.05) is 24.3 Å². The Morgan fingerprint density at radius 1 is 0.966 bits per heavy atom. The Hall–Kier alpha value is -2.82. The van der Waals surface area contributed by atoms with Crippen molar-refractivity contribution in [1.82, 2.24) is 4.90 Å². The van der Waals surface area contributed by atoms with Crippen LogP contribution >= 0.6 is 0 Å². The molecule has 1 unspecified atom stereocenters. The first-order valence-electron chi connectivity index (χ1n) is 10.3. The summed E-state index contributed by atoms with van der Waals surface area (Å²) in [6.07, 6.45) is 0.971. The molecule has 0 amide bonds. The van der Waals surface area contributed by atoms with Gasteiger partial charge in [0.15, 0.2) is 0 Å². The van der Waals surface area contributed by atoms with Crippen molar-refractivity contribution >= 4 is 11.4 Å². The molecule has 0 saturated carbocycles. The molecule has 4 nitrogen and oxygen atoms in total. The number of para-hydroxylation sites is 2. The summed E-state index contributed by atoms with van der Waals surface area (Å²) in [5, 5.41) is 16.7. The molecule has 0 aromatic heterocycles. The first-order chi connectivity index (χ1) is 14.2. The molecule has 3 N–H and O–H groups in total.